The summed E-state index contributed by atoms with van der Waals surface area (Å²) >= 11 is 0. The first-order valence-electron chi connectivity index (χ1n) is 10.5. The fourth-order valence-electron chi connectivity index (χ4n) is 3.14. The number of nitrogens with zero attached hydrogens (tertiary/aromatic N) is 1. The van der Waals surface area contributed by atoms with Crippen molar-refractivity contribution in [1.82, 2.24) is 4.98 Å². The molecule has 0 radical (unpaired) electrons. The van der Waals surface area contributed by atoms with Crippen LogP contribution in [0.3, 0.4) is 0 Å². The van der Waals surface area contributed by atoms with Crippen molar-refractivity contribution in [2.45, 2.75) is 32.4 Å². The van der Waals surface area contributed by atoms with Crippen LogP contribution in [0.5, 0.6) is 11.5 Å². The van der Waals surface area contributed by atoms with Crippen LogP contribution >= 0.6 is 0 Å². The van der Waals surface area contributed by atoms with Crippen LogP contribution in [-0.2, 0) is 0 Å². The molecule has 2 aromatic carbocycles. The van der Waals surface area contributed by atoms with E-state index in [4.69, 9.17) is 14.9 Å². The molecule has 4 rings (SSSR count). The summed E-state index contributed by atoms with van der Waals surface area (Å²) in [7, 11) is 0. The third-order valence-electron chi connectivity index (χ3n) is 5.04. The maximum Gasteiger partial charge on any atom is 0.387 e. The molecule has 1 unspecified atom stereocenters. The van der Waals surface area contributed by atoms with E-state index in [0.717, 1.165) is 25.0 Å². The van der Waals surface area contributed by atoms with E-state index in [1.165, 1.54) is 18.2 Å². The first kappa shape index (κ1) is 23.6. The van der Waals surface area contributed by atoms with Gasteiger partial charge in [-0.3, -0.25) is 4.79 Å². The fraction of sp³-hybridized carbons (Fsp3) is 0.304. The molecule has 1 saturated carbocycles. The lowest BCUT2D eigenvalue weighted by atomic mass is 10.2. The quantitative estimate of drug-likeness (QED) is 0.405. The Bertz CT molecular complexity index is 1190. The van der Waals surface area contributed by atoms with Crippen molar-refractivity contribution >= 4 is 11.6 Å². The number of aromatic nitrogens is 1. The molecule has 7 nitrogen and oxygen atoms in total. The molecule has 1 fully saturated rings. The SMILES string of the molecule is CC(N)c1oc(-c2ccc(OC(F)F)c(OCC3CC3)c2)nc1C(=O)Nc1ccc(F)cc1F. The number of nitrogens with one attached hydrogen (secondary N) is 1. The van der Waals surface area contributed by atoms with Crippen molar-refractivity contribution < 1.29 is 36.2 Å². The second-order valence-electron chi connectivity index (χ2n) is 7.89. The fourth-order valence-corrected chi connectivity index (χ4v) is 3.14. The molecule has 0 bridgehead atoms. The zero-order chi connectivity index (χ0) is 24.4. The van der Waals surface area contributed by atoms with Crippen molar-refractivity contribution in [2.75, 3.05) is 11.9 Å². The lowest BCUT2D eigenvalue weighted by Crippen LogP contribution is -2.18. The van der Waals surface area contributed by atoms with Crippen LogP contribution in [-0.4, -0.2) is 24.1 Å². The highest BCUT2D eigenvalue weighted by Gasteiger charge is 2.26. The van der Waals surface area contributed by atoms with Gasteiger partial charge in [0, 0.05) is 11.6 Å². The number of rotatable bonds is 9. The maximum atomic E-state index is 14.0. The van der Waals surface area contributed by atoms with E-state index in [1.54, 1.807) is 6.92 Å². The van der Waals surface area contributed by atoms with Crippen molar-refractivity contribution in [3.05, 3.63) is 59.5 Å². The number of benzene rings is 2. The van der Waals surface area contributed by atoms with Gasteiger partial charge < -0.3 is 24.9 Å². The molecule has 34 heavy (non-hydrogen) atoms. The van der Waals surface area contributed by atoms with Gasteiger partial charge in [-0.05, 0) is 56.0 Å². The lowest BCUT2D eigenvalue weighted by molar-refractivity contribution is -0.0515. The number of oxazole rings is 1. The van der Waals surface area contributed by atoms with Gasteiger partial charge >= 0.3 is 6.61 Å². The molecule has 1 aromatic heterocycles. The van der Waals surface area contributed by atoms with Gasteiger partial charge in [0.25, 0.3) is 5.91 Å². The molecule has 0 spiro atoms. The maximum absolute atomic E-state index is 14.0. The van der Waals surface area contributed by atoms with Gasteiger partial charge in [0.15, 0.2) is 23.0 Å². The van der Waals surface area contributed by atoms with Gasteiger partial charge in [0.1, 0.15) is 11.6 Å². The largest absolute Gasteiger partial charge is 0.489 e. The summed E-state index contributed by atoms with van der Waals surface area (Å²) in [6.07, 6.45) is 1.99. The molecule has 1 heterocycles. The highest BCUT2D eigenvalue weighted by Crippen LogP contribution is 2.37. The second-order valence-corrected chi connectivity index (χ2v) is 7.89. The van der Waals surface area contributed by atoms with Crippen LogP contribution in [0.4, 0.5) is 23.2 Å². The monoisotopic (exact) mass is 479 g/mol. The minimum absolute atomic E-state index is 0.0170. The number of halogens is 4. The van der Waals surface area contributed by atoms with Crippen LogP contribution in [0, 0.1) is 17.6 Å². The Labute approximate surface area is 191 Å². The third-order valence-corrected chi connectivity index (χ3v) is 5.04. The summed E-state index contributed by atoms with van der Waals surface area (Å²) in [4.78, 5) is 17.0. The molecule has 1 amide bonds. The molecule has 3 N–H and O–H groups in total. The molecular formula is C23H21F4N3O4. The summed E-state index contributed by atoms with van der Waals surface area (Å²) in [5.41, 5.74) is 5.78. The topological polar surface area (TPSA) is 99.6 Å². The number of nitrogens with two attached hydrogens (primary N) is 1. The standard InChI is InChI=1S/C23H21F4N3O4/c1-11(28)20-19(21(31)29-16-6-5-14(24)9-15(16)25)30-22(34-20)13-4-7-17(33-23(26)27)18(8-13)32-10-12-2-3-12/h4-9,11-12,23H,2-3,10,28H2,1H3,(H,29,31). The highest BCUT2D eigenvalue weighted by molar-refractivity contribution is 6.04. The van der Waals surface area contributed by atoms with Crippen LogP contribution < -0.4 is 20.5 Å². The van der Waals surface area contributed by atoms with E-state index in [2.05, 4.69) is 15.0 Å². The van der Waals surface area contributed by atoms with Crippen LogP contribution in [0.25, 0.3) is 11.5 Å². The van der Waals surface area contributed by atoms with Gasteiger partial charge in [-0.15, -0.1) is 0 Å². The Morgan fingerprint density at radius 2 is 1.97 bits per heavy atom. The van der Waals surface area contributed by atoms with Crippen LogP contribution in [0.2, 0.25) is 0 Å². The lowest BCUT2D eigenvalue weighted by Gasteiger charge is -2.12. The molecule has 0 aliphatic heterocycles. The van der Waals surface area contributed by atoms with Gasteiger partial charge in [-0.25, -0.2) is 13.8 Å². The van der Waals surface area contributed by atoms with Crippen LogP contribution in [0.15, 0.2) is 40.8 Å². The minimum Gasteiger partial charge on any atom is -0.489 e. The molecule has 1 aliphatic carbocycles. The molecular weight excluding hydrogens is 458 g/mol. The van der Waals surface area contributed by atoms with Crippen molar-refractivity contribution in [1.29, 1.82) is 0 Å². The predicted molar refractivity (Wildman–Crippen MR) is 114 cm³/mol. The minimum atomic E-state index is -3.04. The summed E-state index contributed by atoms with van der Waals surface area (Å²) in [5, 5.41) is 2.31. The molecule has 3 aromatic rings. The zero-order valence-corrected chi connectivity index (χ0v) is 18.0. The number of carbonyl (C=O) groups is 1. The smallest absolute Gasteiger partial charge is 0.387 e. The summed E-state index contributed by atoms with van der Waals surface area (Å²) in [5.74, 6) is -2.32. The molecule has 1 atom stereocenters. The Balaban J connectivity index is 1.64. The normalized spacial score (nSPS) is 14.2. The van der Waals surface area contributed by atoms with E-state index in [0.29, 0.717) is 24.2 Å². The van der Waals surface area contributed by atoms with E-state index < -0.39 is 30.2 Å². The van der Waals surface area contributed by atoms with Gasteiger partial charge in [0.2, 0.25) is 5.89 Å². The zero-order valence-electron chi connectivity index (χ0n) is 18.0. The number of amides is 1. The number of hydrogen-bond acceptors (Lipinski definition) is 6. The average Bonchev–Trinajstić information content (AvgIpc) is 3.49. The molecule has 0 saturated heterocycles. The number of alkyl halides is 2. The third kappa shape index (κ3) is 5.48. The average molecular weight is 479 g/mol. The molecule has 180 valence electrons. The van der Waals surface area contributed by atoms with Crippen molar-refractivity contribution in [3.8, 4) is 23.0 Å². The van der Waals surface area contributed by atoms with E-state index in [1.807, 2.05) is 0 Å². The number of carbonyl (C=O) groups excluding carboxylic acids is 1. The number of anilines is 1. The summed E-state index contributed by atoms with van der Waals surface area (Å²) < 4.78 is 68.5. The number of hydrogen-bond donors (Lipinski definition) is 2. The Morgan fingerprint density at radius 3 is 2.62 bits per heavy atom. The summed E-state index contributed by atoms with van der Waals surface area (Å²) in [6, 6.07) is 6.05. The second kappa shape index (κ2) is 9.72. The Morgan fingerprint density at radius 1 is 1.21 bits per heavy atom. The van der Waals surface area contributed by atoms with Crippen LogP contribution in [0.1, 0.15) is 42.1 Å². The molecule has 1 aliphatic rings. The Kier molecular flexibility index (Phi) is 6.73. The van der Waals surface area contributed by atoms with Crippen molar-refractivity contribution in [3.63, 3.8) is 0 Å². The summed E-state index contributed by atoms with van der Waals surface area (Å²) in [6.45, 7) is -1.14. The first-order chi connectivity index (χ1) is 16.2. The van der Waals surface area contributed by atoms with E-state index >= 15 is 0 Å². The van der Waals surface area contributed by atoms with Crippen molar-refractivity contribution in [2.24, 2.45) is 11.7 Å². The van der Waals surface area contributed by atoms with Gasteiger partial charge in [-0.1, -0.05) is 0 Å². The van der Waals surface area contributed by atoms with Gasteiger partial charge in [0.05, 0.1) is 18.3 Å². The van der Waals surface area contributed by atoms with Gasteiger partial charge in [-0.2, -0.15) is 8.78 Å². The highest BCUT2D eigenvalue weighted by atomic mass is 19.3. The number of ether oxygens (including phenoxy) is 2. The molecule has 11 heteroatoms. The van der Waals surface area contributed by atoms with E-state index in [-0.39, 0.29) is 34.5 Å². The predicted octanol–water partition coefficient (Wildman–Crippen LogP) is 5.28. The first-order valence-corrected chi connectivity index (χ1v) is 10.5. The van der Waals surface area contributed by atoms with E-state index in [9.17, 15) is 22.4 Å². The Hall–Kier alpha value is -3.60.